The van der Waals surface area contributed by atoms with Crippen LogP contribution in [0.4, 0.5) is 18.9 Å². The topological polar surface area (TPSA) is 38.4 Å². The number of nitrogens with two attached hydrogens (primary N) is 1. The van der Waals surface area contributed by atoms with Crippen LogP contribution in [0.3, 0.4) is 0 Å². The average molecular weight is 271 g/mol. The number of alkyl halides is 4. The first-order valence-electron chi connectivity index (χ1n) is 4.10. The van der Waals surface area contributed by atoms with Gasteiger partial charge in [-0.05, 0) is 18.2 Å². The molecule has 0 aliphatic rings. The van der Waals surface area contributed by atoms with Crippen LogP contribution >= 0.6 is 23.2 Å². The molecular formula is C9H7Cl2F3N2. The van der Waals surface area contributed by atoms with Gasteiger partial charge in [0.15, 0.2) is 0 Å². The molecule has 0 aromatic heterocycles. The normalized spacial score (nSPS) is 12.9. The summed E-state index contributed by atoms with van der Waals surface area (Å²) in [7, 11) is 0. The molecule has 0 saturated carbocycles. The number of hydrogen-bond acceptors (Lipinski definition) is 1. The average Bonchev–Trinajstić information content (AvgIpc) is 2.15. The van der Waals surface area contributed by atoms with Crippen LogP contribution in [-0.4, -0.2) is 11.7 Å². The van der Waals surface area contributed by atoms with E-state index in [0.717, 1.165) is 12.1 Å². The molecule has 0 amide bonds. The van der Waals surface area contributed by atoms with Crippen LogP contribution in [-0.2, 0) is 6.18 Å². The van der Waals surface area contributed by atoms with Gasteiger partial charge in [-0.1, -0.05) is 11.6 Å². The third kappa shape index (κ3) is 3.28. The zero-order valence-corrected chi connectivity index (χ0v) is 9.37. The molecule has 7 heteroatoms. The van der Waals surface area contributed by atoms with Gasteiger partial charge < -0.3 is 5.73 Å². The van der Waals surface area contributed by atoms with E-state index < -0.39 is 16.8 Å². The summed E-state index contributed by atoms with van der Waals surface area (Å²) >= 11 is 10.9. The Bertz CT molecular complexity index is 416. The van der Waals surface area contributed by atoms with Crippen LogP contribution in [0.15, 0.2) is 23.2 Å². The Morgan fingerprint density at radius 3 is 2.44 bits per heavy atom. The number of hydrogen-bond donors (Lipinski definition) is 1. The van der Waals surface area contributed by atoms with E-state index in [4.69, 9.17) is 28.9 Å². The third-order valence-corrected chi connectivity index (χ3v) is 2.25. The van der Waals surface area contributed by atoms with Crippen LogP contribution in [0, 0.1) is 0 Å². The standard InChI is InChI=1S/C9H7Cl2F3N2/c10-4-8(15)16-5-1-2-6(7(11)3-5)9(12,13)14/h1-3H,4H2,(H2,15,16). The highest BCUT2D eigenvalue weighted by molar-refractivity contribution is 6.31. The van der Waals surface area contributed by atoms with Crippen molar-refractivity contribution >= 4 is 34.7 Å². The molecule has 0 aliphatic carbocycles. The van der Waals surface area contributed by atoms with Gasteiger partial charge in [-0.3, -0.25) is 0 Å². The fourth-order valence-corrected chi connectivity index (χ4v) is 1.34. The second-order valence-corrected chi connectivity index (χ2v) is 3.57. The van der Waals surface area contributed by atoms with Gasteiger partial charge in [-0.2, -0.15) is 13.2 Å². The van der Waals surface area contributed by atoms with Crippen molar-refractivity contribution in [1.82, 2.24) is 0 Å². The lowest BCUT2D eigenvalue weighted by Crippen LogP contribution is -2.12. The molecule has 88 valence electrons. The minimum atomic E-state index is -4.47. The molecule has 0 radical (unpaired) electrons. The Labute approximate surface area is 99.9 Å². The highest BCUT2D eigenvalue weighted by Gasteiger charge is 2.32. The highest BCUT2D eigenvalue weighted by Crippen LogP contribution is 2.36. The first-order valence-corrected chi connectivity index (χ1v) is 5.01. The van der Waals surface area contributed by atoms with Crippen molar-refractivity contribution in [2.24, 2.45) is 10.7 Å². The van der Waals surface area contributed by atoms with Crippen molar-refractivity contribution in [2.75, 3.05) is 5.88 Å². The molecule has 0 saturated heterocycles. The number of nitrogens with zero attached hydrogens (tertiary/aromatic N) is 1. The van der Waals surface area contributed by atoms with E-state index in [1.165, 1.54) is 6.07 Å². The van der Waals surface area contributed by atoms with Gasteiger partial charge in [-0.15, -0.1) is 11.6 Å². The summed E-state index contributed by atoms with van der Waals surface area (Å²) < 4.78 is 37.0. The zero-order chi connectivity index (χ0) is 12.3. The zero-order valence-electron chi connectivity index (χ0n) is 7.85. The van der Waals surface area contributed by atoms with Crippen LogP contribution in [0.2, 0.25) is 5.02 Å². The van der Waals surface area contributed by atoms with Crippen LogP contribution in [0.5, 0.6) is 0 Å². The maximum absolute atomic E-state index is 12.3. The number of rotatable bonds is 2. The monoisotopic (exact) mass is 270 g/mol. The summed E-state index contributed by atoms with van der Waals surface area (Å²) in [4.78, 5) is 3.77. The fourth-order valence-electron chi connectivity index (χ4n) is 0.999. The van der Waals surface area contributed by atoms with E-state index in [2.05, 4.69) is 4.99 Å². The minimum absolute atomic E-state index is 0.00135. The van der Waals surface area contributed by atoms with E-state index in [1.807, 2.05) is 0 Å². The second kappa shape index (κ2) is 4.93. The molecule has 0 spiro atoms. The first-order chi connectivity index (χ1) is 7.34. The third-order valence-electron chi connectivity index (χ3n) is 1.67. The van der Waals surface area contributed by atoms with Crippen molar-refractivity contribution in [3.05, 3.63) is 28.8 Å². The summed E-state index contributed by atoms with van der Waals surface area (Å²) in [6.07, 6.45) is -4.47. The van der Waals surface area contributed by atoms with Crippen molar-refractivity contribution in [1.29, 1.82) is 0 Å². The minimum Gasteiger partial charge on any atom is -0.386 e. The SMILES string of the molecule is NC(CCl)=Nc1ccc(C(F)(F)F)c(Cl)c1. The Kier molecular flexibility index (Phi) is 4.04. The molecule has 1 aromatic rings. The van der Waals surface area contributed by atoms with Crippen molar-refractivity contribution in [3.8, 4) is 0 Å². The van der Waals surface area contributed by atoms with E-state index in [-0.39, 0.29) is 17.4 Å². The summed E-state index contributed by atoms with van der Waals surface area (Å²) in [5, 5.41) is -0.420. The lowest BCUT2D eigenvalue weighted by atomic mass is 10.2. The van der Waals surface area contributed by atoms with Gasteiger partial charge in [0.2, 0.25) is 0 Å². The quantitative estimate of drug-likeness (QED) is 0.498. The molecule has 0 atom stereocenters. The number of amidine groups is 1. The number of benzene rings is 1. The Balaban J connectivity index is 3.10. The Morgan fingerprint density at radius 2 is 2.00 bits per heavy atom. The van der Waals surface area contributed by atoms with Crippen molar-refractivity contribution in [2.45, 2.75) is 6.18 Å². The highest BCUT2D eigenvalue weighted by atomic mass is 35.5. The molecule has 1 rings (SSSR count). The Hall–Kier alpha value is -0.940. The van der Waals surface area contributed by atoms with Crippen LogP contribution < -0.4 is 5.73 Å². The largest absolute Gasteiger partial charge is 0.417 e. The van der Waals surface area contributed by atoms with Gasteiger partial charge in [0.1, 0.15) is 5.84 Å². The molecular weight excluding hydrogens is 264 g/mol. The maximum atomic E-state index is 12.3. The van der Waals surface area contributed by atoms with Crippen LogP contribution in [0.1, 0.15) is 5.56 Å². The molecule has 2 nitrogen and oxygen atoms in total. The maximum Gasteiger partial charge on any atom is 0.417 e. The van der Waals surface area contributed by atoms with Gasteiger partial charge in [0.05, 0.1) is 22.2 Å². The Morgan fingerprint density at radius 1 is 1.38 bits per heavy atom. The molecule has 2 N–H and O–H groups in total. The summed E-state index contributed by atoms with van der Waals surface area (Å²) in [6.45, 7) is 0. The van der Waals surface area contributed by atoms with E-state index in [1.54, 1.807) is 0 Å². The van der Waals surface area contributed by atoms with E-state index >= 15 is 0 Å². The molecule has 0 bridgehead atoms. The van der Waals surface area contributed by atoms with Gasteiger partial charge in [0, 0.05) is 0 Å². The fraction of sp³-hybridized carbons (Fsp3) is 0.222. The second-order valence-electron chi connectivity index (χ2n) is 2.90. The van der Waals surface area contributed by atoms with E-state index in [9.17, 15) is 13.2 Å². The predicted octanol–water partition coefficient (Wildman–Crippen LogP) is 3.59. The molecule has 0 fully saturated rings. The van der Waals surface area contributed by atoms with Crippen molar-refractivity contribution in [3.63, 3.8) is 0 Å². The van der Waals surface area contributed by atoms with Crippen molar-refractivity contribution < 1.29 is 13.2 Å². The lowest BCUT2D eigenvalue weighted by Gasteiger charge is -2.08. The number of aliphatic imine (C=N–C) groups is 1. The van der Waals surface area contributed by atoms with Gasteiger partial charge >= 0.3 is 6.18 Å². The molecule has 0 heterocycles. The summed E-state index contributed by atoms with van der Waals surface area (Å²) in [6, 6.07) is 3.11. The molecule has 0 unspecified atom stereocenters. The lowest BCUT2D eigenvalue weighted by molar-refractivity contribution is -0.137. The van der Waals surface area contributed by atoms with E-state index in [0.29, 0.717) is 0 Å². The summed E-state index contributed by atoms with van der Waals surface area (Å²) in [5.41, 5.74) is 4.66. The summed E-state index contributed by atoms with van der Waals surface area (Å²) in [5.74, 6) is 0.107. The predicted molar refractivity (Wildman–Crippen MR) is 58.5 cm³/mol. The first kappa shape index (κ1) is 13.1. The molecule has 0 aliphatic heterocycles. The smallest absolute Gasteiger partial charge is 0.386 e. The number of halogens is 5. The molecule has 16 heavy (non-hydrogen) atoms. The van der Waals surface area contributed by atoms with Gasteiger partial charge in [0.25, 0.3) is 0 Å². The van der Waals surface area contributed by atoms with Gasteiger partial charge in [-0.25, -0.2) is 4.99 Å². The van der Waals surface area contributed by atoms with Crippen LogP contribution in [0.25, 0.3) is 0 Å². The molecule has 1 aromatic carbocycles.